The van der Waals surface area contributed by atoms with E-state index < -0.39 is 0 Å². The highest BCUT2D eigenvalue weighted by atomic mass is 16.1. The molecule has 0 radical (unpaired) electrons. The van der Waals surface area contributed by atoms with Crippen LogP contribution in [0.15, 0.2) is 0 Å². The summed E-state index contributed by atoms with van der Waals surface area (Å²) in [4.78, 5) is 9.77. The fourth-order valence-corrected chi connectivity index (χ4v) is 0.232. The Kier molecular flexibility index (Phi) is 3.19. The molecule has 1 amide bonds. The van der Waals surface area contributed by atoms with Crippen LogP contribution in [-0.2, 0) is 4.79 Å². The standard InChI is InChI=1S/C5H12N2O/c1-5(2)7(3)6-4-8/h4-5H,1-3H3,(H,6,8). The molecule has 0 aliphatic heterocycles. The molecule has 0 aromatic rings. The fraction of sp³-hybridized carbons (Fsp3) is 0.800. The van der Waals surface area contributed by atoms with Crippen molar-refractivity contribution in [1.82, 2.24) is 10.4 Å². The van der Waals surface area contributed by atoms with Crippen molar-refractivity contribution >= 4 is 6.41 Å². The van der Waals surface area contributed by atoms with E-state index in [0.29, 0.717) is 12.5 Å². The van der Waals surface area contributed by atoms with Gasteiger partial charge in [-0.3, -0.25) is 10.2 Å². The van der Waals surface area contributed by atoms with E-state index in [1.807, 2.05) is 20.9 Å². The molecule has 0 atom stereocenters. The molecule has 0 aromatic carbocycles. The maximum Gasteiger partial charge on any atom is 0.221 e. The second kappa shape index (κ2) is 3.43. The van der Waals surface area contributed by atoms with E-state index in [1.165, 1.54) is 0 Å². The monoisotopic (exact) mass is 116 g/mol. The van der Waals surface area contributed by atoms with Crippen molar-refractivity contribution in [2.45, 2.75) is 19.9 Å². The summed E-state index contributed by atoms with van der Waals surface area (Å²) in [5.41, 5.74) is 2.50. The van der Waals surface area contributed by atoms with Crippen LogP contribution in [0.1, 0.15) is 13.8 Å². The quantitative estimate of drug-likeness (QED) is 0.415. The topological polar surface area (TPSA) is 32.3 Å². The Balaban J connectivity index is 3.30. The lowest BCUT2D eigenvalue weighted by Crippen LogP contribution is -2.38. The number of carbonyl (C=O) groups excluding carboxylic acids is 1. The summed E-state index contributed by atoms with van der Waals surface area (Å²) in [6.45, 7) is 3.99. The number of rotatable bonds is 3. The normalized spacial score (nSPS) is 10.1. The summed E-state index contributed by atoms with van der Waals surface area (Å²) in [6.07, 6.45) is 0.667. The SMILES string of the molecule is CC(C)N(C)NC=O. The average molecular weight is 116 g/mol. The zero-order valence-corrected chi connectivity index (χ0v) is 5.51. The van der Waals surface area contributed by atoms with E-state index in [9.17, 15) is 4.79 Å². The molecule has 0 aliphatic rings. The highest BCUT2D eigenvalue weighted by molar-refractivity contribution is 5.44. The Bertz CT molecular complexity index is 72.8. The Morgan fingerprint density at radius 1 is 1.62 bits per heavy atom. The van der Waals surface area contributed by atoms with E-state index >= 15 is 0 Å². The third-order valence-corrected chi connectivity index (χ3v) is 1.03. The smallest absolute Gasteiger partial charge is 0.221 e. The van der Waals surface area contributed by atoms with Crippen LogP contribution in [0.3, 0.4) is 0 Å². The largest absolute Gasteiger partial charge is 0.292 e. The van der Waals surface area contributed by atoms with E-state index in [4.69, 9.17) is 0 Å². The van der Waals surface area contributed by atoms with Gasteiger partial charge in [0, 0.05) is 13.1 Å². The molecule has 8 heavy (non-hydrogen) atoms. The van der Waals surface area contributed by atoms with Gasteiger partial charge in [0.1, 0.15) is 0 Å². The molecule has 0 saturated carbocycles. The average Bonchev–Trinajstić information content (AvgIpc) is 1.67. The van der Waals surface area contributed by atoms with Gasteiger partial charge < -0.3 is 0 Å². The number of nitrogens with zero attached hydrogens (tertiary/aromatic N) is 1. The molecule has 0 aliphatic carbocycles. The Morgan fingerprint density at radius 3 is 2.25 bits per heavy atom. The molecule has 0 saturated heterocycles. The zero-order chi connectivity index (χ0) is 6.57. The molecular weight excluding hydrogens is 104 g/mol. The second-order valence-electron chi connectivity index (χ2n) is 1.95. The number of hydrogen-bond acceptors (Lipinski definition) is 2. The second-order valence-corrected chi connectivity index (χ2v) is 1.95. The van der Waals surface area contributed by atoms with Crippen LogP contribution in [0.2, 0.25) is 0 Å². The summed E-state index contributed by atoms with van der Waals surface area (Å²) < 4.78 is 0. The molecule has 1 N–H and O–H groups in total. The summed E-state index contributed by atoms with van der Waals surface area (Å²) in [6, 6.07) is 0.361. The molecule has 0 spiro atoms. The van der Waals surface area contributed by atoms with Crippen LogP contribution >= 0.6 is 0 Å². The minimum atomic E-state index is 0.361. The Labute approximate surface area is 49.6 Å². The minimum Gasteiger partial charge on any atom is -0.292 e. The molecule has 0 rings (SSSR count). The third kappa shape index (κ3) is 2.58. The van der Waals surface area contributed by atoms with Crippen LogP contribution in [-0.4, -0.2) is 24.5 Å². The van der Waals surface area contributed by atoms with Crippen LogP contribution < -0.4 is 5.43 Å². The van der Waals surface area contributed by atoms with Gasteiger partial charge in [-0.05, 0) is 13.8 Å². The lowest BCUT2D eigenvalue weighted by atomic mass is 10.4. The predicted octanol–water partition coefficient (Wildman–Crippen LogP) is -0.0124. The van der Waals surface area contributed by atoms with Gasteiger partial charge in [0.15, 0.2) is 0 Å². The first-order valence-corrected chi connectivity index (χ1v) is 2.61. The van der Waals surface area contributed by atoms with Gasteiger partial charge in [-0.2, -0.15) is 0 Å². The first-order valence-electron chi connectivity index (χ1n) is 2.61. The van der Waals surface area contributed by atoms with Crippen LogP contribution in [0.4, 0.5) is 0 Å². The highest BCUT2D eigenvalue weighted by Gasteiger charge is 1.97. The summed E-state index contributed by atoms with van der Waals surface area (Å²) in [5.74, 6) is 0. The maximum absolute atomic E-state index is 9.77. The first kappa shape index (κ1) is 7.43. The summed E-state index contributed by atoms with van der Waals surface area (Å²) >= 11 is 0. The number of hydrazine groups is 1. The lowest BCUT2D eigenvalue weighted by molar-refractivity contribution is -0.113. The van der Waals surface area contributed by atoms with Gasteiger partial charge in [-0.15, -0.1) is 0 Å². The molecular formula is C5H12N2O. The Morgan fingerprint density at radius 2 is 2.12 bits per heavy atom. The van der Waals surface area contributed by atoms with Crippen molar-refractivity contribution < 1.29 is 4.79 Å². The fourth-order valence-electron chi connectivity index (χ4n) is 0.232. The summed E-state index contributed by atoms with van der Waals surface area (Å²) in [7, 11) is 1.82. The number of carbonyl (C=O) groups is 1. The van der Waals surface area contributed by atoms with Crippen molar-refractivity contribution in [3.63, 3.8) is 0 Å². The molecule has 48 valence electrons. The molecule has 3 heteroatoms. The van der Waals surface area contributed by atoms with E-state index in [2.05, 4.69) is 5.43 Å². The molecule has 0 aromatic heterocycles. The molecule has 0 unspecified atom stereocenters. The minimum absolute atomic E-state index is 0.361. The molecule has 3 nitrogen and oxygen atoms in total. The van der Waals surface area contributed by atoms with Gasteiger partial charge in [-0.25, -0.2) is 5.01 Å². The predicted molar refractivity (Wildman–Crippen MR) is 32.1 cm³/mol. The van der Waals surface area contributed by atoms with Crippen molar-refractivity contribution in [3.05, 3.63) is 0 Å². The zero-order valence-electron chi connectivity index (χ0n) is 5.51. The number of amides is 1. The Hall–Kier alpha value is -0.570. The van der Waals surface area contributed by atoms with Crippen LogP contribution in [0.5, 0.6) is 0 Å². The first-order chi connectivity index (χ1) is 3.68. The lowest BCUT2D eigenvalue weighted by Gasteiger charge is -2.18. The third-order valence-electron chi connectivity index (χ3n) is 1.03. The highest BCUT2D eigenvalue weighted by Crippen LogP contribution is 1.84. The van der Waals surface area contributed by atoms with Gasteiger partial charge in [-0.1, -0.05) is 0 Å². The maximum atomic E-state index is 9.77. The van der Waals surface area contributed by atoms with Crippen LogP contribution in [0, 0.1) is 0 Å². The van der Waals surface area contributed by atoms with Crippen molar-refractivity contribution in [3.8, 4) is 0 Å². The number of hydrogen-bond donors (Lipinski definition) is 1. The summed E-state index contributed by atoms with van der Waals surface area (Å²) in [5, 5.41) is 1.73. The van der Waals surface area contributed by atoms with Gasteiger partial charge in [0.2, 0.25) is 6.41 Å². The van der Waals surface area contributed by atoms with Gasteiger partial charge >= 0.3 is 0 Å². The van der Waals surface area contributed by atoms with E-state index in [-0.39, 0.29) is 0 Å². The number of nitrogens with one attached hydrogen (secondary N) is 1. The van der Waals surface area contributed by atoms with Crippen molar-refractivity contribution in [1.29, 1.82) is 0 Å². The van der Waals surface area contributed by atoms with E-state index in [1.54, 1.807) is 5.01 Å². The molecule has 0 heterocycles. The van der Waals surface area contributed by atoms with E-state index in [0.717, 1.165) is 0 Å². The molecule has 0 bridgehead atoms. The van der Waals surface area contributed by atoms with Gasteiger partial charge in [0.25, 0.3) is 0 Å². The molecule has 0 fully saturated rings. The van der Waals surface area contributed by atoms with Crippen molar-refractivity contribution in [2.24, 2.45) is 0 Å². The van der Waals surface area contributed by atoms with Crippen molar-refractivity contribution in [2.75, 3.05) is 7.05 Å². The van der Waals surface area contributed by atoms with Gasteiger partial charge in [0.05, 0.1) is 0 Å². The van der Waals surface area contributed by atoms with Crippen LogP contribution in [0.25, 0.3) is 0 Å².